The number of aliphatic hydroxyl groups is 1. The monoisotopic (exact) mass is 506 g/mol. The summed E-state index contributed by atoms with van der Waals surface area (Å²) in [4.78, 5) is 17.1. The van der Waals surface area contributed by atoms with Crippen molar-refractivity contribution in [1.82, 2.24) is 34.7 Å². The minimum absolute atomic E-state index is 0.00923. The van der Waals surface area contributed by atoms with Crippen molar-refractivity contribution in [3.05, 3.63) is 73.1 Å². The Kier molecular flexibility index (Phi) is 5.72. The Labute approximate surface area is 220 Å². The highest BCUT2D eigenvalue weighted by molar-refractivity contribution is 5.96. The molecule has 0 fully saturated rings. The van der Waals surface area contributed by atoms with Crippen molar-refractivity contribution in [1.29, 1.82) is 0 Å². The third-order valence-corrected chi connectivity index (χ3v) is 6.48. The van der Waals surface area contributed by atoms with Crippen LogP contribution < -0.4 is 5.32 Å². The summed E-state index contributed by atoms with van der Waals surface area (Å²) in [6, 6.07) is 14.2. The molecule has 192 valence electrons. The second kappa shape index (κ2) is 9.11. The van der Waals surface area contributed by atoms with Crippen molar-refractivity contribution in [3.63, 3.8) is 0 Å². The molecule has 6 aromatic rings. The Hall–Kier alpha value is -4.50. The van der Waals surface area contributed by atoms with Crippen LogP contribution in [0.4, 0.5) is 5.69 Å². The number of fused-ring (bicyclic) bond motifs is 2. The van der Waals surface area contributed by atoms with Crippen molar-refractivity contribution in [2.45, 2.75) is 40.3 Å². The van der Waals surface area contributed by atoms with Crippen LogP contribution in [0.15, 0.2) is 67.4 Å². The normalized spacial score (nSPS) is 12.9. The van der Waals surface area contributed by atoms with E-state index in [1.54, 1.807) is 12.5 Å². The molecular formula is C29H30N8O. The number of pyridine rings is 1. The Morgan fingerprint density at radius 1 is 1.05 bits per heavy atom. The average Bonchev–Trinajstić information content (AvgIpc) is 3.60. The highest BCUT2D eigenvalue weighted by atomic mass is 16.3. The highest BCUT2D eigenvalue weighted by Crippen LogP contribution is 2.32. The number of nitrogens with zero attached hydrogens (tertiary/aromatic N) is 5. The summed E-state index contributed by atoms with van der Waals surface area (Å²) in [6.07, 6.45) is 7.31. The van der Waals surface area contributed by atoms with Crippen LogP contribution in [0.1, 0.15) is 32.9 Å². The van der Waals surface area contributed by atoms with Crippen LogP contribution in [0.3, 0.4) is 0 Å². The van der Waals surface area contributed by atoms with Crippen LogP contribution in [-0.4, -0.2) is 46.0 Å². The second-order valence-electron chi connectivity index (χ2n) is 10.9. The van der Waals surface area contributed by atoms with Crippen molar-refractivity contribution in [2.24, 2.45) is 5.41 Å². The number of hydrogen-bond donors (Lipinski definition) is 4. The van der Waals surface area contributed by atoms with Gasteiger partial charge in [0.1, 0.15) is 17.4 Å². The number of rotatable bonds is 6. The quantitative estimate of drug-likeness (QED) is 0.211. The van der Waals surface area contributed by atoms with Gasteiger partial charge in [0.15, 0.2) is 5.82 Å². The molecule has 4 N–H and O–H groups in total. The minimum atomic E-state index is -0.654. The number of aromatic amines is 2. The number of nitrogens with one attached hydrogen (secondary N) is 3. The molecule has 6 rings (SSSR count). The number of benzene rings is 2. The number of H-pyrrole nitrogens is 2. The molecule has 1 atom stereocenters. The fraction of sp³-hybridized carbons (Fsp3) is 0.241. The molecule has 0 aliphatic rings. The van der Waals surface area contributed by atoms with Gasteiger partial charge in [0.25, 0.3) is 0 Å². The van der Waals surface area contributed by atoms with E-state index in [0.717, 1.165) is 55.8 Å². The summed E-state index contributed by atoms with van der Waals surface area (Å²) < 4.78 is 1.98. The molecule has 4 heterocycles. The molecule has 1 unspecified atom stereocenters. The molecule has 2 aromatic carbocycles. The first-order chi connectivity index (χ1) is 18.2. The predicted molar refractivity (Wildman–Crippen MR) is 150 cm³/mol. The number of imidazole rings is 2. The molecule has 0 aliphatic heterocycles. The summed E-state index contributed by atoms with van der Waals surface area (Å²) in [7, 11) is 0. The second-order valence-corrected chi connectivity index (χ2v) is 10.9. The lowest BCUT2D eigenvalue weighted by molar-refractivity contribution is 0.145. The van der Waals surface area contributed by atoms with Crippen LogP contribution in [0.2, 0.25) is 0 Å². The van der Waals surface area contributed by atoms with E-state index in [2.05, 4.69) is 57.3 Å². The maximum atomic E-state index is 10.5. The zero-order valence-electron chi connectivity index (χ0n) is 21.8. The average molecular weight is 507 g/mol. The van der Waals surface area contributed by atoms with Crippen LogP contribution in [-0.2, 0) is 0 Å². The lowest BCUT2D eigenvalue weighted by atomic mass is 9.91. The molecule has 0 saturated heterocycles. The SMILES string of the molecule is Cc1cn(-c2cccc3[nH]c(-c4n[nH]c5ccc(-c6cncc(NC(O)CC(C)(C)C)c6)cc45)nc23)cn1. The van der Waals surface area contributed by atoms with E-state index in [9.17, 15) is 5.11 Å². The Morgan fingerprint density at radius 3 is 2.71 bits per heavy atom. The van der Waals surface area contributed by atoms with E-state index in [4.69, 9.17) is 4.98 Å². The molecule has 0 radical (unpaired) electrons. The standard InChI is InChI=1S/C29H30N8O/c1-17-15-37(16-31-17)24-7-5-6-23-27(24)34-28(33-23)26-21-11-18(8-9-22(21)35-36-26)19-10-20(14-30-13-19)32-25(38)12-29(2,3)4/h5-11,13-16,25,32,38H,12H2,1-4H3,(H,33,34)(H,35,36). The van der Waals surface area contributed by atoms with Gasteiger partial charge in [-0.2, -0.15) is 5.10 Å². The Balaban J connectivity index is 1.36. The highest BCUT2D eigenvalue weighted by Gasteiger charge is 2.18. The van der Waals surface area contributed by atoms with Gasteiger partial charge in [-0.05, 0) is 54.7 Å². The molecule has 38 heavy (non-hydrogen) atoms. The topological polar surface area (TPSA) is 120 Å². The Morgan fingerprint density at radius 2 is 1.92 bits per heavy atom. The number of para-hydroxylation sites is 1. The van der Waals surface area contributed by atoms with E-state index in [-0.39, 0.29) is 5.41 Å². The van der Waals surface area contributed by atoms with Gasteiger partial charge >= 0.3 is 0 Å². The summed E-state index contributed by atoms with van der Waals surface area (Å²) in [5.74, 6) is 0.687. The summed E-state index contributed by atoms with van der Waals surface area (Å²) in [5.41, 5.74) is 8.04. The maximum absolute atomic E-state index is 10.5. The van der Waals surface area contributed by atoms with Crippen LogP contribution >= 0.6 is 0 Å². The molecule has 9 nitrogen and oxygen atoms in total. The van der Waals surface area contributed by atoms with Crippen molar-refractivity contribution < 1.29 is 5.11 Å². The van der Waals surface area contributed by atoms with E-state index in [0.29, 0.717) is 12.2 Å². The predicted octanol–water partition coefficient (Wildman–Crippen LogP) is 5.83. The first kappa shape index (κ1) is 23.9. The number of aryl methyl sites for hydroxylation is 1. The van der Waals surface area contributed by atoms with Crippen LogP contribution in [0.5, 0.6) is 0 Å². The fourth-order valence-electron chi connectivity index (χ4n) is 4.76. The van der Waals surface area contributed by atoms with E-state index >= 15 is 0 Å². The number of hydrogen-bond acceptors (Lipinski definition) is 6. The molecule has 9 heteroatoms. The largest absolute Gasteiger partial charge is 0.374 e. The van der Waals surface area contributed by atoms with E-state index in [1.165, 1.54) is 0 Å². The molecule has 0 spiro atoms. The Bertz CT molecular complexity index is 1750. The van der Waals surface area contributed by atoms with Gasteiger partial charge in [0.05, 0.1) is 40.6 Å². The lowest BCUT2D eigenvalue weighted by Gasteiger charge is -2.23. The van der Waals surface area contributed by atoms with Crippen molar-refractivity contribution in [2.75, 3.05) is 5.32 Å². The van der Waals surface area contributed by atoms with Crippen LogP contribution in [0.25, 0.3) is 50.3 Å². The van der Waals surface area contributed by atoms with Gasteiger partial charge in [-0.25, -0.2) is 9.97 Å². The third-order valence-electron chi connectivity index (χ3n) is 6.48. The smallest absolute Gasteiger partial charge is 0.159 e. The lowest BCUT2D eigenvalue weighted by Crippen LogP contribution is -2.25. The minimum Gasteiger partial charge on any atom is -0.374 e. The van der Waals surface area contributed by atoms with Gasteiger partial charge in [0.2, 0.25) is 0 Å². The number of anilines is 1. The van der Waals surface area contributed by atoms with Gasteiger partial charge in [-0.3, -0.25) is 10.1 Å². The molecule has 0 saturated carbocycles. The maximum Gasteiger partial charge on any atom is 0.159 e. The molecular weight excluding hydrogens is 476 g/mol. The summed E-state index contributed by atoms with van der Waals surface area (Å²) in [6.45, 7) is 8.28. The number of aromatic nitrogens is 7. The molecule has 0 amide bonds. The first-order valence-corrected chi connectivity index (χ1v) is 12.6. The van der Waals surface area contributed by atoms with Gasteiger partial charge in [-0.1, -0.05) is 32.9 Å². The molecule has 0 bridgehead atoms. The van der Waals surface area contributed by atoms with Gasteiger partial charge in [0, 0.05) is 23.3 Å². The van der Waals surface area contributed by atoms with E-state index < -0.39 is 6.23 Å². The first-order valence-electron chi connectivity index (χ1n) is 12.6. The molecule has 0 aliphatic carbocycles. The van der Waals surface area contributed by atoms with Gasteiger partial charge in [-0.15, -0.1) is 0 Å². The zero-order valence-corrected chi connectivity index (χ0v) is 21.8. The van der Waals surface area contributed by atoms with E-state index in [1.807, 2.05) is 60.3 Å². The van der Waals surface area contributed by atoms with Crippen molar-refractivity contribution >= 4 is 27.6 Å². The molecule has 4 aromatic heterocycles. The summed E-state index contributed by atoms with van der Waals surface area (Å²) >= 11 is 0. The summed E-state index contributed by atoms with van der Waals surface area (Å²) in [5, 5.41) is 22.3. The van der Waals surface area contributed by atoms with Crippen molar-refractivity contribution in [3.8, 4) is 28.3 Å². The fourth-order valence-corrected chi connectivity index (χ4v) is 4.76. The third kappa shape index (κ3) is 4.64. The zero-order chi connectivity index (χ0) is 26.4. The number of aliphatic hydroxyl groups excluding tert-OH is 1. The van der Waals surface area contributed by atoms with Crippen LogP contribution in [0, 0.1) is 12.3 Å². The van der Waals surface area contributed by atoms with Gasteiger partial charge < -0.3 is 20.0 Å².